The fourth-order valence-corrected chi connectivity index (χ4v) is 4.79. The number of nitrogens with one attached hydrogen (secondary N) is 4. The Morgan fingerprint density at radius 3 is 1.36 bits per heavy atom. The van der Waals surface area contributed by atoms with Crippen LogP contribution in [0.1, 0.15) is 31.8 Å². The number of carboxylic acid groups (broad SMARTS) is 2. The summed E-state index contributed by atoms with van der Waals surface area (Å²) in [6.45, 7) is 0. The number of rotatable bonds is 10. The lowest BCUT2D eigenvalue weighted by Crippen LogP contribution is -2.20. The number of hydrogen-bond donors (Lipinski definition) is 8. The second-order valence-electron chi connectivity index (χ2n) is 9.47. The van der Waals surface area contributed by atoms with Crippen molar-refractivity contribution < 1.29 is 39.5 Å². The molecule has 8 N–H and O–H groups in total. The smallest absolute Gasteiger partial charge is 0.339 e. The Morgan fingerprint density at radius 2 is 1.00 bits per heavy atom. The lowest BCUT2D eigenvalue weighted by molar-refractivity contribution is 0.0682. The van der Waals surface area contributed by atoms with Crippen LogP contribution in [0.15, 0.2) is 72.8 Å². The van der Waals surface area contributed by atoms with Crippen LogP contribution in [-0.2, 0) is 6.42 Å². The lowest BCUT2D eigenvalue weighted by atomic mass is 9.97. The number of thiocarbonyl (C=S) groups is 2. The van der Waals surface area contributed by atoms with Crippen molar-refractivity contribution in [1.82, 2.24) is 0 Å². The molecule has 0 saturated heterocycles. The van der Waals surface area contributed by atoms with Crippen LogP contribution in [0.4, 0.5) is 22.7 Å². The van der Waals surface area contributed by atoms with Gasteiger partial charge in [0.2, 0.25) is 0 Å². The van der Waals surface area contributed by atoms with Crippen molar-refractivity contribution in [1.29, 1.82) is 0 Å². The number of carbonyl (C=O) groups is 2. The Balaban J connectivity index is 1.62. The molecule has 0 radical (unpaired) electrons. The highest BCUT2D eigenvalue weighted by Gasteiger charge is 2.21. The Morgan fingerprint density at radius 1 is 0.622 bits per heavy atom. The van der Waals surface area contributed by atoms with Crippen LogP contribution in [0.25, 0.3) is 0 Å². The van der Waals surface area contributed by atoms with Crippen LogP contribution in [0.5, 0.6) is 23.0 Å². The molecule has 0 amide bonds. The summed E-state index contributed by atoms with van der Waals surface area (Å²) >= 11 is 10.8. The van der Waals surface area contributed by atoms with Gasteiger partial charge in [0, 0.05) is 52.4 Å². The third kappa shape index (κ3) is 8.28. The molecule has 0 fully saturated rings. The largest absolute Gasteiger partial charge is 0.507 e. The highest BCUT2D eigenvalue weighted by atomic mass is 32.1. The van der Waals surface area contributed by atoms with Gasteiger partial charge in [0.25, 0.3) is 0 Å². The van der Waals surface area contributed by atoms with E-state index in [4.69, 9.17) is 33.9 Å². The van der Waals surface area contributed by atoms with Crippen molar-refractivity contribution in [3.8, 4) is 23.0 Å². The number of benzene rings is 4. The summed E-state index contributed by atoms with van der Waals surface area (Å²) < 4.78 is 10.4. The molecule has 232 valence electrons. The standard InChI is InChI=1S/C31H28N4O8S2/c1-42-22-7-3-5-18(12-22)32-30(44)34-20-10-16(26(36)24(14-20)28(38)39)9-17-11-21(15-25(27(17)37)29(40)41)35-31(45)33-19-6-4-8-23(13-19)43-2/h3-8,10-15,36-37H,9H2,1-2H3,(H,38,39)(H,40,41)(H2,32,34,44)(H2,33,35,45). The molecule has 0 aliphatic heterocycles. The summed E-state index contributed by atoms with van der Waals surface area (Å²) in [5.74, 6) is -2.77. The van der Waals surface area contributed by atoms with Gasteiger partial charge in [-0.1, -0.05) is 12.1 Å². The average molecular weight is 649 g/mol. The third-order valence-corrected chi connectivity index (χ3v) is 6.80. The van der Waals surface area contributed by atoms with Crippen molar-refractivity contribution >= 4 is 69.3 Å². The Hall–Kier alpha value is -5.60. The Kier molecular flexibility index (Phi) is 10.2. The molecular formula is C31H28N4O8S2. The van der Waals surface area contributed by atoms with E-state index in [9.17, 15) is 30.0 Å². The maximum Gasteiger partial charge on any atom is 0.339 e. The summed E-state index contributed by atoms with van der Waals surface area (Å²) in [5, 5.41) is 53.2. The topological polar surface area (TPSA) is 182 Å². The molecule has 0 aromatic heterocycles. The van der Waals surface area contributed by atoms with Crippen molar-refractivity contribution in [2.75, 3.05) is 35.5 Å². The lowest BCUT2D eigenvalue weighted by Gasteiger charge is -2.17. The molecule has 0 aliphatic rings. The number of anilines is 4. The van der Waals surface area contributed by atoms with Crippen LogP contribution >= 0.6 is 24.4 Å². The molecule has 0 heterocycles. The molecule has 0 spiro atoms. The molecule has 4 aromatic rings. The summed E-state index contributed by atoms with van der Waals surface area (Å²) in [7, 11) is 3.05. The maximum atomic E-state index is 12.0. The van der Waals surface area contributed by atoms with Gasteiger partial charge in [0.1, 0.15) is 34.1 Å². The average Bonchev–Trinajstić information content (AvgIpc) is 2.99. The van der Waals surface area contributed by atoms with Crippen molar-refractivity contribution in [2.24, 2.45) is 0 Å². The number of aromatic carboxylic acids is 2. The minimum atomic E-state index is -1.41. The molecule has 14 heteroatoms. The van der Waals surface area contributed by atoms with Crippen LogP contribution in [-0.4, -0.2) is 56.8 Å². The fourth-order valence-electron chi connectivity index (χ4n) is 4.32. The molecule has 0 unspecified atom stereocenters. The van der Waals surface area contributed by atoms with E-state index in [0.29, 0.717) is 22.9 Å². The van der Waals surface area contributed by atoms with E-state index >= 15 is 0 Å². The first-order chi connectivity index (χ1) is 21.5. The number of methoxy groups -OCH3 is 2. The van der Waals surface area contributed by atoms with Crippen LogP contribution in [0.3, 0.4) is 0 Å². The van der Waals surface area contributed by atoms with Crippen molar-refractivity contribution in [3.63, 3.8) is 0 Å². The minimum Gasteiger partial charge on any atom is -0.507 e. The molecule has 0 atom stereocenters. The van der Waals surface area contributed by atoms with Crippen LogP contribution < -0.4 is 30.7 Å². The van der Waals surface area contributed by atoms with Gasteiger partial charge < -0.3 is 51.2 Å². The predicted molar refractivity (Wildman–Crippen MR) is 179 cm³/mol. The van der Waals surface area contributed by atoms with Gasteiger partial charge in [-0.05, 0) is 73.0 Å². The SMILES string of the molecule is COc1cccc(NC(=S)Nc2cc(Cc3cc(NC(=S)Nc4cccc(OC)c4)cc(C(=O)O)c3O)c(O)c(C(=O)O)c2)c1. The van der Waals surface area contributed by atoms with Crippen molar-refractivity contribution in [3.05, 3.63) is 95.1 Å². The summed E-state index contributed by atoms with van der Waals surface area (Å²) in [4.78, 5) is 24.0. The zero-order valence-electron chi connectivity index (χ0n) is 23.9. The fraction of sp³-hybridized carbons (Fsp3) is 0.0968. The monoisotopic (exact) mass is 648 g/mol. The maximum absolute atomic E-state index is 12.0. The van der Waals surface area contributed by atoms with Crippen LogP contribution in [0, 0.1) is 0 Å². The van der Waals surface area contributed by atoms with Gasteiger partial charge >= 0.3 is 11.9 Å². The van der Waals surface area contributed by atoms with E-state index in [2.05, 4.69) is 21.3 Å². The van der Waals surface area contributed by atoms with Gasteiger partial charge in [-0.2, -0.15) is 0 Å². The number of aromatic hydroxyl groups is 2. The second-order valence-corrected chi connectivity index (χ2v) is 10.3. The first-order valence-electron chi connectivity index (χ1n) is 13.1. The molecule has 0 aliphatic carbocycles. The first kappa shape index (κ1) is 32.3. The van der Waals surface area contributed by atoms with Gasteiger partial charge in [0.05, 0.1) is 14.2 Å². The molecule has 4 rings (SSSR count). The van der Waals surface area contributed by atoms with E-state index in [-0.39, 0.29) is 39.1 Å². The summed E-state index contributed by atoms with van der Waals surface area (Å²) in [6, 6.07) is 19.2. The number of phenols is 2. The quantitative estimate of drug-likeness (QED) is 0.0772. The normalized spacial score (nSPS) is 10.4. The Labute approximate surface area is 268 Å². The van der Waals surface area contributed by atoms with Crippen LogP contribution in [0.2, 0.25) is 0 Å². The summed E-state index contributed by atoms with van der Waals surface area (Å²) in [5.41, 5.74) is 0.931. The van der Waals surface area contributed by atoms with E-state index < -0.39 is 34.6 Å². The van der Waals surface area contributed by atoms with Gasteiger partial charge in [-0.15, -0.1) is 0 Å². The summed E-state index contributed by atoms with van der Waals surface area (Å²) in [6.07, 6.45) is -0.255. The van der Waals surface area contributed by atoms with Gasteiger partial charge in [-0.3, -0.25) is 0 Å². The zero-order valence-corrected chi connectivity index (χ0v) is 25.5. The highest BCUT2D eigenvalue weighted by Crippen LogP contribution is 2.35. The first-order valence-corrected chi connectivity index (χ1v) is 13.9. The molecule has 12 nitrogen and oxygen atoms in total. The predicted octanol–water partition coefficient (Wildman–Crippen LogP) is 5.72. The van der Waals surface area contributed by atoms with E-state index in [1.807, 2.05) is 0 Å². The molecule has 0 saturated carbocycles. The third-order valence-electron chi connectivity index (χ3n) is 6.39. The highest BCUT2D eigenvalue weighted by molar-refractivity contribution is 7.81. The Bertz CT molecular complexity index is 1670. The number of carboxylic acids is 2. The molecule has 0 bridgehead atoms. The molecular weight excluding hydrogens is 620 g/mol. The molecule has 45 heavy (non-hydrogen) atoms. The second kappa shape index (κ2) is 14.2. The zero-order chi connectivity index (χ0) is 32.7. The van der Waals surface area contributed by atoms with E-state index in [1.165, 1.54) is 38.5 Å². The number of hydrogen-bond acceptors (Lipinski definition) is 8. The van der Waals surface area contributed by atoms with E-state index in [1.54, 1.807) is 48.5 Å². The van der Waals surface area contributed by atoms with Crippen molar-refractivity contribution in [2.45, 2.75) is 6.42 Å². The van der Waals surface area contributed by atoms with E-state index in [0.717, 1.165) is 0 Å². The minimum absolute atomic E-state index is 0.0717. The van der Waals surface area contributed by atoms with Gasteiger partial charge in [-0.25, -0.2) is 9.59 Å². The number of ether oxygens (including phenoxy) is 2. The molecule has 4 aromatic carbocycles. The van der Waals surface area contributed by atoms with Gasteiger partial charge in [0.15, 0.2) is 10.2 Å².